The second-order valence-corrected chi connectivity index (χ2v) is 7.33. The number of rotatable bonds is 2. The van der Waals surface area contributed by atoms with Gasteiger partial charge in [-0.05, 0) is 37.5 Å². The number of ether oxygens (including phenoxy) is 2. The van der Waals surface area contributed by atoms with Gasteiger partial charge >= 0.3 is 0 Å². The molecule has 4 aliphatic rings. The predicted molar refractivity (Wildman–Crippen MR) is 86.0 cm³/mol. The number of fused-ring (bicyclic) bond motifs is 3. The van der Waals surface area contributed by atoms with E-state index in [0.29, 0.717) is 29.0 Å². The van der Waals surface area contributed by atoms with E-state index in [-0.39, 0.29) is 29.9 Å². The zero-order valence-electron chi connectivity index (χ0n) is 13.3. The highest BCUT2D eigenvalue weighted by molar-refractivity contribution is 6.00. The van der Waals surface area contributed by atoms with Gasteiger partial charge in [-0.3, -0.25) is 9.59 Å². The average Bonchev–Trinajstić information content (AvgIpc) is 2.95. The van der Waals surface area contributed by atoms with Gasteiger partial charge in [0.15, 0.2) is 6.61 Å². The molecule has 2 heterocycles. The van der Waals surface area contributed by atoms with Gasteiger partial charge < -0.3 is 20.1 Å². The SMILES string of the molecule is O=C1COc2ccc(C(=O)N[C@@H]3[C@H]4CCO[C@H]4C34CCC4)cc2N1. The van der Waals surface area contributed by atoms with Crippen LogP contribution in [-0.4, -0.2) is 37.2 Å². The molecular weight excluding hydrogens is 308 g/mol. The third-order valence-corrected chi connectivity index (χ3v) is 6.20. The lowest BCUT2D eigenvalue weighted by molar-refractivity contribution is -0.172. The molecule has 3 atom stereocenters. The topological polar surface area (TPSA) is 76.7 Å². The van der Waals surface area contributed by atoms with Crippen LogP contribution in [0.15, 0.2) is 18.2 Å². The highest BCUT2D eigenvalue weighted by Crippen LogP contribution is 2.62. The number of anilines is 1. The number of carbonyl (C=O) groups is 2. The van der Waals surface area contributed by atoms with Gasteiger partial charge in [-0.2, -0.15) is 0 Å². The van der Waals surface area contributed by atoms with E-state index < -0.39 is 0 Å². The van der Waals surface area contributed by atoms with Crippen LogP contribution in [0.25, 0.3) is 0 Å². The molecule has 2 aliphatic carbocycles. The van der Waals surface area contributed by atoms with Crippen LogP contribution in [0.1, 0.15) is 36.0 Å². The minimum Gasteiger partial charge on any atom is -0.482 e. The van der Waals surface area contributed by atoms with E-state index in [4.69, 9.17) is 9.47 Å². The Labute approximate surface area is 139 Å². The van der Waals surface area contributed by atoms with Crippen molar-refractivity contribution in [1.29, 1.82) is 0 Å². The number of carbonyl (C=O) groups excluding carboxylic acids is 2. The van der Waals surface area contributed by atoms with Gasteiger partial charge in [0.25, 0.3) is 11.8 Å². The fourth-order valence-electron chi connectivity index (χ4n) is 4.90. The van der Waals surface area contributed by atoms with Crippen molar-refractivity contribution in [3.8, 4) is 5.75 Å². The zero-order valence-corrected chi connectivity index (χ0v) is 13.3. The van der Waals surface area contributed by atoms with Crippen molar-refractivity contribution in [2.45, 2.75) is 37.8 Å². The summed E-state index contributed by atoms with van der Waals surface area (Å²) >= 11 is 0. The predicted octanol–water partition coefficient (Wildman–Crippen LogP) is 1.70. The third kappa shape index (κ3) is 1.86. The summed E-state index contributed by atoms with van der Waals surface area (Å²) in [4.78, 5) is 24.2. The summed E-state index contributed by atoms with van der Waals surface area (Å²) in [5.74, 6) is 0.780. The van der Waals surface area contributed by atoms with Gasteiger partial charge in [-0.25, -0.2) is 0 Å². The van der Waals surface area contributed by atoms with Crippen molar-refractivity contribution in [1.82, 2.24) is 5.32 Å². The third-order valence-electron chi connectivity index (χ3n) is 6.20. The molecule has 3 fully saturated rings. The van der Waals surface area contributed by atoms with Crippen LogP contribution in [0, 0.1) is 11.3 Å². The van der Waals surface area contributed by atoms with E-state index in [9.17, 15) is 9.59 Å². The lowest BCUT2D eigenvalue weighted by atomic mass is 9.46. The molecule has 6 heteroatoms. The molecule has 0 aromatic heterocycles. The molecule has 0 radical (unpaired) electrons. The molecule has 0 bridgehead atoms. The lowest BCUT2D eigenvalue weighted by Crippen LogP contribution is -2.71. The van der Waals surface area contributed by atoms with Gasteiger partial charge in [-0.1, -0.05) is 6.42 Å². The first-order valence-corrected chi connectivity index (χ1v) is 8.67. The number of benzene rings is 1. The number of hydrogen-bond donors (Lipinski definition) is 2. The van der Waals surface area contributed by atoms with E-state index in [1.165, 1.54) is 6.42 Å². The minimum atomic E-state index is -0.196. The van der Waals surface area contributed by atoms with E-state index in [0.717, 1.165) is 25.9 Å². The number of hydrogen-bond acceptors (Lipinski definition) is 4. The van der Waals surface area contributed by atoms with Crippen LogP contribution in [-0.2, 0) is 9.53 Å². The summed E-state index contributed by atoms with van der Waals surface area (Å²) < 4.78 is 11.2. The van der Waals surface area contributed by atoms with Gasteiger partial charge in [0.2, 0.25) is 0 Å². The van der Waals surface area contributed by atoms with Crippen LogP contribution in [0.5, 0.6) is 5.75 Å². The Bertz CT molecular complexity index is 728. The van der Waals surface area contributed by atoms with Gasteiger partial charge in [0.05, 0.1) is 11.8 Å². The maximum Gasteiger partial charge on any atom is 0.262 e. The van der Waals surface area contributed by atoms with Crippen LogP contribution in [0.3, 0.4) is 0 Å². The normalized spacial score (nSPS) is 31.8. The molecule has 2 amide bonds. The van der Waals surface area contributed by atoms with Crippen molar-refractivity contribution in [2.24, 2.45) is 11.3 Å². The van der Waals surface area contributed by atoms with Gasteiger partial charge in [0, 0.05) is 29.5 Å². The molecule has 126 valence electrons. The van der Waals surface area contributed by atoms with E-state index in [2.05, 4.69) is 10.6 Å². The number of nitrogens with one attached hydrogen (secondary N) is 2. The molecule has 6 nitrogen and oxygen atoms in total. The molecular formula is C18H20N2O4. The average molecular weight is 328 g/mol. The van der Waals surface area contributed by atoms with Crippen molar-refractivity contribution in [3.05, 3.63) is 23.8 Å². The minimum absolute atomic E-state index is 0.0200. The molecule has 24 heavy (non-hydrogen) atoms. The van der Waals surface area contributed by atoms with Gasteiger partial charge in [-0.15, -0.1) is 0 Å². The first-order chi connectivity index (χ1) is 11.7. The molecule has 1 aromatic rings. The van der Waals surface area contributed by atoms with Crippen molar-refractivity contribution < 1.29 is 19.1 Å². The lowest BCUT2D eigenvalue weighted by Gasteiger charge is -2.63. The fraction of sp³-hybridized carbons (Fsp3) is 0.556. The Morgan fingerprint density at radius 2 is 2.21 bits per heavy atom. The largest absolute Gasteiger partial charge is 0.482 e. The number of amides is 2. The van der Waals surface area contributed by atoms with E-state index in [1.54, 1.807) is 18.2 Å². The molecule has 2 saturated carbocycles. The second-order valence-electron chi connectivity index (χ2n) is 7.33. The second kappa shape index (κ2) is 4.96. The Balaban J connectivity index is 1.36. The zero-order chi connectivity index (χ0) is 16.3. The fourth-order valence-corrected chi connectivity index (χ4v) is 4.90. The van der Waals surface area contributed by atoms with Crippen molar-refractivity contribution >= 4 is 17.5 Å². The summed E-state index contributed by atoms with van der Waals surface area (Å²) in [6.07, 6.45) is 4.89. The summed E-state index contributed by atoms with van der Waals surface area (Å²) in [5.41, 5.74) is 1.28. The van der Waals surface area contributed by atoms with Crippen LogP contribution in [0.4, 0.5) is 5.69 Å². The maximum absolute atomic E-state index is 12.7. The van der Waals surface area contributed by atoms with Crippen molar-refractivity contribution in [2.75, 3.05) is 18.5 Å². The Hall–Kier alpha value is -2.08. The van der Waals surface area contributed by atoms with E-state index >= 15 is 0 Å². The molecule has 2 N–H and O–H groups in total. The summed E-state index contributed by atoms with van der Waals surface area (Å²) in [5, 5.41) is 5.99. The first kappa shape index (κ1) is 14.3. The van der Waals surface area contributed by atoms with E-state index in [1.807, 2.05) is 0 Å². The molecule has 0 unspecified atom stereocenters. The summed E-state index contributed by atoms with van der Waals surface area (Å²) in [6.45, 7) is 0.831. The molecule has 1 saturated heterocycles. The summed E-state index contributed by atoms with van der Waals surface area (Å²) in [7, 11) is 0. The van der Waals surface area contributed by atoms with Gasteiger partial charge in [0.1, 0.15) is 5.75 Å². The van der Waals surface area contributed by atoms with Crippen molar-refractivity contribution in [3.63, 3.8) is 0 Å². The smallest absolute Gasteiger partial charge is 0.262 e. The van der Waals surface area contributed by atoms with Crippen LogP contribution >= 0.6 is 0 Å². The van der Waals surface area contributed by atoms with Crippen LogP contribution < -0.4 is 15.4 Å². The molecule has 5 rings (SSSR count). The molecule has 2 aliphatic heterocycles. The quantitative estimate of drug-likeness (QED) is 0.866. The summed E-state index contributed by atoms with van der Waals surface area (Å²) in [6, 6.07) is 5.40. The highest BCUT2D eigenvalue weighted by Gasteiger charge is 2.66. The maximum atomic E-state index is 12.7. The van der Waals surface area contributed by atoms with Crippen LogP contribution in [0.2, 0.25) is 0 Å². The molecule has 1 aromatic carbocycles. The monoisotopic (exact) mass is 328 g/mol. The first-order valence-electron chi connectivity index (χ1n) is 8.67. The standard InChI is InChI=1S/C18H20N2O4/c21-14-9-24-13-3-2-10(8-12(13)19-14)17(22)20-15-11-4-7-23-16(11)18(15)5-1-6-18/h2-3,8,11,15-16H,1,4-7,9H2,(H,19,21)(H,20,22)/t11-,15-,16-/m1/s1. The Morgan fingerprint density at radius 1 is 1.33 bits per heavy atom. The Kier molecular flexibility index (Phi) is 2.95. The highest BCUT2D eigenvalue weighted by atomic mass is 16.5. The molecule has 1 spiro atoms. The Morgan fingerprint density at radius 3 is 3.00 bits per heavy atom.